The molecule has 0 radical (unpaired) electrons. The highest BCUT2D eigenvalue weighted by Gasteiger charge is 2.20. The molecule has 0 saturated carbocycles. The van der Waals surface area contributed by atoms with Gasteiger partial charge < -0.3 is 9.67 Å². The maximum absolute atomic E-state index is 9.84. The summed E-state index contributed by atoms with van der Waals surface area (Å²) in [5.41, 5.74) is 0.130. The molecule has 0 aliphatic carbocycles. The predicted octanol–water partition coefficient (Wildman–Crippen LogP) is 1.89. The molecule has 0 saturated heterocycles. The van der Waals surface area contributed by atoms with Crippen LogP contribution in [0.2, 0.25) is 0 Å². The van der Waals surface area contributed by atoms with Crippen molar-refractivity contribution >= 4 is 0 Å². The largest absolute Gasteiger partial charge is 0.385 e. The summed E-state index contributed by atoms with van der Waals surface area (Å²) >= 11 is 0. The fourth-order valence-corrected chi connectivity index (χ4v) is 1.37. The van der Waals surface area contributed by atoms with Crippen LogP contribution in [0, 0.1) is 5.41 Å². The minimum Gasteiger partial charge on any atom is -0.385 e. The first kappa shape index (κ1) is 10.3. The molecule has 0 aliphatic rings. The van der Waals surface area contributed by atoms with Crippen LogP contribution < -0.4 is 0 Å². The highest BCUT2D eigenvalue weighted by Crippen LogP contribution is 2.27. The van der Waals surface area contributed by atoms with Crippen molar-refractivity contribution < 1.29 is 5.11 Å². The first-order valence-electron chi connectivity index (χ1n) is 4.55. The van der Waals surface area contributed by atoms with Crippen LogP contribution in [0.1, 0.15) is 39.1 Å². The summed E-state index contributed by atoms with van der Waals surface area (Å²) < 4.78 is 1.86. The topological polar surface area (TPSA) is 38.0 Å². The minimum atomic E-state index is -0.458. The van der Waals surface area contributed by atoms with Gasteiger partial charge in [0.25, 0.3) is 0 Å². The SMILES string of the molecule is Cn1ccnc1C(O)CC(C)(C)C. The van der Waals surface area contributed by atoms with E-state index in [2.05, 4.69) is 25.8 Å². The predicted molar refractivity (Wildman–Crippen MR) is 52.2 cm³/mol. The fourth-order valence-electron chi connectivity index (χ4n) is 1.37. The number of nitrogens with zero attached hydrogens (tertiary/aromatic N) is 2. The molecule has 0 bridgehead atoms. The van der Waals surface area contributed by atoms with E-state index in [1.165, 1.54) is 0 Å². The van der Waals surface area contributed by atoms with E-state index in [1.807, 2.05) is 17.8 Å². The Bertz CT molecular complexity index is 273. The third kappa shape index (κ3) is 2.84. The van der Waals surface area contributed by atoms with Gasteiger partial charge >= 0.3 is 0 Å². The van der Waals surface area contributed by atoms with Crippen LogP contribution >= 0.6 is 0 Å². The highest BCUT2D eigenvalue weighted by molar-refractivity contribution is 4.96. The summed E-state index contributed by atoms with van der Waals surface area (Å²) in [6.45, 7) is 6.33. The first-order chi connectivity index (χ1) is 5.90. The molecule has 13 heavy (non-hydrogen) atoms. The zero-order valence-electron chi connectivity index (χ0n) is 8.78. The van der Waals surface area contributed by atoms with Crippen molar-refractivity contribution in [3.05, 3.63) is 18.2 Å². The number of imidazole rings is 1. The van der Waals surface area contributed by atoms with Crippen LogP contribution in [0.25, 0.3) is 0 Å². The van der Waals surface area contributed by atoms with Crippen molar-refractivity contribution in [2.75, 3.05) is 0 Å². The number of aryl methyl sites for hydroxylation is 1. The monoisotopic (exact) mass is 182 g/mol. The van der Waals surface area contributed by atoms with E-state index in [0.717, 1.165) is 12.2 Å². The molecular weight excluding hydrogens is 164 g/mol. The Hall–Kier alpha value is -0.830. The number of aliphatic hydroxyl groups is 1. The van der Waals surface area contributed by atoms with E-state index < -0.39 is 6.10 Å². The summed E-state index contributed by atoms with van der Waals surface area (Å²) in [7, 11) is 1.90. The van der Waals surface area contributed by atoms with E-state index in [9.17, 15) is 5.11 Å². The molecule has 3 nitrogen and oxygen atoms in total. The van der Waals surface area contributed by atoms with E-state index in [0.29, 0.717) is 0 Å². The van der Waals surface area contributed by atoms with Gasteiger partial charge in [0.2, 0.25) is 0 Å². The Kier molecular flexibility index (Phi) is 2.76. The molecule has 0 aromatic carbocycles. The lowest BCUT2D eigenvalue weighted by atomic mass is 9.89. The quantitative estimate of drug-likeness (QED) is 0.758. The minimum absolute atomic E-state index is 0.130. The second-order valence-corrected chi connectivity index (χ2v) is 4.68. The Labute approximate surface area is 79.4 Å². The molecule has 1 aromatic rings. The molecule has 0 fully saturated rings. The van der Waals surface area contributed by atoms with Crippen molar-refractivity contribution in [3.63, 3.8) is 0 Å². The van der Waals surface area contributed by atoms with Crippen LogP contribution in [-0.2, 0) is 7.05 Å². The van der Waals surface area contributed by atoms with E-state index in [-0.39, 0.29) is 5.41 Å². The third-order valence-electron chi connectivity index (χ3n) is 1.96. The molecule has 1 rings (SSSR count). The van der Waals surface area contributed by atoms with E-state index in [4.69, 9.17) is 0 Å². The molecular formula is C10H18N2O. The third-order valence-corrected chi connectivity index (χ3v) is 1.96. The Morgan fingerprint density at radius 3 is 2.54 bits per heavy atom. The molecule has 1 heterocycles. The molecule has 1 N–H and O–H groups in total. The molecule has 1 unspecified atom stereocenters. The lowest BCUT2D eigenvalue weighted by Gasteiger charge is -2.21. The lowest BCUT2D eigenvalue weighted by Crippen LogP contribution is -2.14. The van der Waals surface area contributed by atoms with E-state index >= 15 is 0 Å². The molecule has 1 atom stereocenters. The van der Waals surface area contributed by atoms with Gasteiger partial charge in [-0.15, -0.1) is 0 Å². The van der Waals surface area contributed by atoms with Crippen molar-refractivity contribution in [3.8, 4) is 0 Å². The summed E-state index contributed by atoms with van der Waals surface area (Å²) in [5, 5.41) is 9.84. The van der Waals surface area contributed by atoms with Gasteiger partial charge in [0.05, 0.1) is 0 Å². The molecule has 3 heteroatoms. The summed E-state index contributed by atoms with van der Waals surface area (Å²) in [4.78, 5) is 4.11. The van der Waals surface area contributed by atoms with Crippen LogP contribution in [0.15, 0.2) is 12.4 Å². The Morgan fingerprint density at radius 2 is 2.15 bits per heavy atom. The van der Waals surface area contributed by atoms with E-state index in [1.54, 1.807) is 6.20 Å². The van der Waals surface area contributed by atoms with Gasteiger partial charge in [0.1, 0.15) is 11.9 Å². The second-order valence-electron chi connectivity index (χ2n) is 4.68. The molecule has 0 spiro atoms. The first-order valence-corrected chi connectivity index (χ1v) is 4.55. The van der Waals surface area contributed by atoms with Crippen LogP contribution in [-0.4, -0.2) is 14.7 Å². The van der Waals surface area contributed by atoms with Crippen LogP contribution in [0.4, 0.5) is 0 Å². The lowest BCUT2D eigenvalue weighted by molar-refractivity contribution is 0.111. The number of aromatic nitrogens is 2. The van der Waals surface area contributed by atoms with Gasteiger partial charge in [-0.05, 0) is 11.8 Å². The number of rotatable bonds is 2. The molecule has 0 aliphatic heterocycles. The van der Waals surface area contributed by atoms with Crippen molar-refractivity contribution in [1.29, 1.82) is 0 Å². The molecule has 0 amide bonds. The van der Waals surface area contributed by atoms with Crippen LogP contribution in [0.5, 0.6) is 0 Å². The standard InChI is InChI=1S/C10H18N2O/c1-10(2,3)7-8(13)9-11-5-6-12(9)4/h5-6,8,13H,7H2,1-4H3. The summed E-state index contributed by atoms with van der Waals surface area (Å²) in [5.74, 6) is 0.745. The average molecular weight is 182 g/mol. The van der Waals surface area contributed by atoms with Gasteiger partial charge in [0, 0.05) is 19.4 Å². The highest BCUT2D eigenvalue weighted by atomic mass is 16.3. The van der Waals surface area contributed by atoms with Crippen molar-refractivity contribution in [1.82, 2.24) is 9.55 Å². The van der Waals surface area contributed by atoms with Gasteiger partial charge in [-0.25, -0.2) is 4.98 Å². The van der Waals surface area contributed by atoms with Crippen molar-refractivity contribution in [2.24, 2.45) is 12.5 Å². The fraction of sp³-hybridized carbons (Fsp3) is 0.700. The zero-order valence-corrected chi connectivity index (χ0v) is 8.78. The zero-order chi connectivity index (χ0) is 10.1. The summed E-state index contributed by atoms with van der Waals surface area (Å²) in [6.07, 6.45) is 3.83. The van der Waals surface area contributed by atoms with Crippen molar-refractivity contribution in [2.45, 2.75) is 33.3 Å². The maximum atomic E-state index is 9.84. The smallest absolute Gasteiger partial charge is 0.137 e. The number of hydrogen-bond donors (Lipinski definition) is 1. The second kappa shape index (κ2) is 3.50. The normalized spacial score (nSPS) is 14.5. The van der Waals surface area contributed by atoms with Crippen LogP contribution in [0.3, 0.4) is 0 Å². The number of aliphatic hydroxyl groups excluding tert-OH is 1. The molecule has 74 valence electrons. The Balaban J connectivity index is 2.69. The summed E-state index contributed by atoms with van der Waals surface area (Å²) in [6, 6.07) is 0. The maximum Gasteiger partial charge on any atom is 0.137 e. The Morgan fingerprint density at radius 1 is 1.54 bits per heavy atom. The van der Waals surface area contributed by atoms with Gasteiger partial charge in [0.15, 0.2) is 0 Å². The van der Waals surface area contributed by atoms with Gasteiger partial charge in [-0.2, -0.15) is 0 Å². The average Bonchev–Trinajstić information content (AvgIpc) is 2.30. The molecule has 1 aromatic heterocycles. The van der Waals surface area contributed by atoms with Gasteiger partial charge in [-0.3, -0.25) is 0 Å². The van der Waals surface area contributed by atoms with Gasteiger partial charge in [-0.1, -0.05) is 20.8 Å². The number of hydrogen-bond acceptors (Lipinski definition) is 2.